The normalized spacial score (nSPS) is 23.0. The molecule has 5 rings (SSSR count). The van der Waals surface area contributed by atoms with Crippen LogP contribution in [0.3, 0.4) is 0 Å². The third-order valence-electron chi connectivity index (χ3n) is 9.54. The van der Waals surface area contributed by atoms with Gasteiger partial charge in [0.1, 0.15) is 23.2 Å². The van der Waals surface area contributed by atoms with Crippen molar-refractivity contribution in [2.24, 2.45) is 5.92 Å². The van der Waals surface area contributed by atoms with Gasteiger partial charge in [-0.15, -0.1) is 0 Å². The summed E-state index contributed by atoms with van der Waals surface area (Å²) in [5.74, 6) is -0.741. The van der Waals surface area contributed by atoms with Gasteiger partial charge in [-0.05, 0) is 51.5 Å². The summed E-state index contributed by atoms with van der Waals surface area (Å²) in [4.78, 5) is 31.8. The molecule has 3 fully saturated rings. The minimum absolute atomic E-state index is 0.0507. The zero-order valence-electron chi connectivity index (χ0n) is 24.1. The summed E-state index contributed by atoms with van der Waals surface area (Å²) in [5.41, 5.74) is 1.92. The number of piperidine rings is 1. The van der Waals surface area contributed by atoms with Crippen molar-refractivity contribution in [3.8, 4) is 0 Å². The number of aromatic nitrogens is 2. The van der Waals surface area contributed by atoms with Crippen LogP contribution in [0.25, 0.3) is 0 Å². The van der Waals surface area contributed by atoms with Gasteiger partial charge in [0.25, 0.3) is 0 Å². The van der Waals surface area contributed by atoms with Crippen molar-refractivity contribution in [3.05, 3.63) is 52.3 Å². The highest BCUT2D eigenvalue weighted by Gasteiger charge is 2.54. The first-order valence-electron chi connectivity index (χ1n) is 15.1. The highest BCUT2D eigenvalue weighted by Crippen LogP contribution is 2.41. The van der Waals surface area contributed by atoms with Gasteiger partial charge in [0.05, 0.1) is 11.7 Å². The lowest BCUT2D eigenvalue weighted by atomic mass is 9.78. The number of hydrogen-bond donors (Lipinski definition) is 2. The first kappa shape index (κ1) is 28.7. The number of likely N-dealkylation sites (tertiary alicyclic amines) is 1. The second-order valence-corrected chi connectivity index (χ2v) is 12.1. The molecule has 2 N–H and O–H groups in total. The number of unbranched alkanes of at least 4 members (excludes halogenated alkanes) is 1. The van der Waals surface area contributed by atoms with Gasteiger partial charge in [-0.1, -0.05) is 51.5 Å². The molecule has 2 atom stereocenters. The fraction of sp³-hybridized carbons (Fsp3) is 0.645. The third-order valence-corrected chi connectivity index (χ3v) is 9.54. The van der Waals surface area contributed by atoms with E-state index in [1.54, 1.807) is 0 Å². The Morgan fingerprint density at radius 1 is 1.10 bits per heavy atom. The Balaban J connectivity index is 1.41. The Labute approximate surface area is 236 Å². The molecule has 2 aliphatic heterocycles. The number of piperazine rings is 1. The molecule has 218 valence electrons. The number of amides is 2. The van der Waals surface area contributed by atoms with E-state index in [1.807, 2.05) is 18.7 Å². The number of carbonyl (C=O) groups excluding carboxylic acids is 2. The molecule has 3 aliphatic rings. The van der Waals surface area contributed by atoms with E-state index in [-0.39, 0.29) is 11.8 Å². The Hall–Kier alpha value is -2.81. The van der Waals surface area contributed by atoms with Crippen molar-refractivity contribution >= 4 is 11.8 Å². The van der Waals surface area contributed by atoms with Gasteiger partial charge in [-0.25, -0.2) is 8.78 Å². The van der Waals surface area contributed by atoms with Crippen molar-refractivity contribution in [1.29, 1.82) is 0 Å². The summed E-state index contributed by atoms with van der Waals surface area (Å²) in [6.45, 7) is 7.43. The molecular weight excluding hydrogens is 512 g/mol. The zero-order chi connectivity index (χ0) is 28.4. The molecule has 2 aromatic rings. The lowest BCUT2D eigenvalue weighted by molar-refractivity contribution is -0.162. The van der Waals surface area contributed by atoms with E-state index in [0.29, 0.717) is 44.0 Å². The largest absolute Gasteiger partial charge is 0.342 e. The van der Waals surface area contributed by atoms with Gasteiger partial charge in [0.2, 0.25) is 11.8 Å². The van der Waals surface area contributed by atoms with Gasteiger partial charge in [-0.2, -0.15) is 5.10 Å². The topological polar surface area (TPSA) is 81.3 Å². The second kappa shape index (κ2) is 12.0. The van der Waals surface area contributed by atoms with E-state index in [0.717, 1.165) is 55.1 Å². The number of carbonyl (C=O) groups is 2. The molecule has 3 heterocycles. The minimum Gasteiger partial charge on any atom is -0.342 e. The first-order chi connectivity index (χ1) is 19.2. The van der Waals surface area contributed by atoms with Crippen LogP contribution in [0.5, 0.6) is 0 Å². The van der Waals surface area contributed by atoms with Crippen molar-refractivity contribution in [3.63, 3.8) is 0 Å². The standard InChI is InChI=1S/C31H43F2N5O2/c1-4-5-15-38-29(39)26(18-22-9-7-6-8-10-22)34-30(40)31(38)13-16-37(17-14-31)28(27-20(2)35-36-21(27)3)24-12-11-23(32)19-25(24)33/h11-12,19,22,26,28H,4-10,13-18H2,1-3H3,(H,34,40)(H,35,36)/t26-,28?/m0/s1. The average molecular weight is 556 g/mol. The van der Waals surface area contributed by atoms with E-state index < -0.39 is 29.3 Å². The van der Waals surface area contributed by atoms with E-state index in [4.69, 9.17) is 0 Å². The van der Waals surface area contributed by atoms with Crippen molar-refractivity contribution in [2.45, 2.75) is 103 Å². The maximum Gasteiger partial charge on any atom is 0.246 e. The van der Waals surface area contributed by atoms with Crippen LogP contribution in [-0.2, 0) is 9.59 Å². The fourth-order valence-electron chi connectivity index (χ4n) is 7.30. The monoisotopic (exact) mass is 555 g/mol. The Morgan fingerprint density at radius 2 is 1.82 bits per heavy atom. The fourth-order valence-corrected chi connectivity index (χ4v) is 7.30. The maximum absolute atomic E-state index is 15.2. The van der Waals surface area contributed by atoms with Gasteiger partial charge < -0.3 is 10.2 Å². The predicted octanol–water partition coefficient (Wildman–Crippen LogP) is 5.33. The number of halogens is 2. The zero-order valence-corrected chi connectivity index (χ0v) is 24.1. The molecule has 1 saturated carbocycles. The SMILES string of the molecule is CCCCN1C(=O)[C@H](CC2CCCCC2)NC(=O)C12CCN(C(c1ccc(F)cc1F)c1c(C)n[nH]c1C)CC2. The van der Waals surface area contributed by atoms with Crippen LogP contribution in [0.2, 0.25) is 0 Å². The molecular formula is C31H43F2N5O2. The molecule has 0 bridgehead atoms. The molecule has 2 amide bonds. The Bertz CT molecular complexity index is 1200. The highest BCUT2D eigenvalue weighted by molar-refractivity contribution is 6.00. The molecule has 1 aromatic heterocycles. The predicted molar refractivity (Wildman–Crippen MR) is 150 cm³/mol. The van der Waals surface area contributed by atoms with E-state index >= 15 is 4.39 Å². The van der Waals surface area contributed by atoms with Crippen LogP contribution >= 0.6 is 0 Å². The van der Waals surface area contributed by atoms with Gasteiger partial charge in [0, 0.05) is 42.5 Å². The first-order valence-corrected chi connectivity index (χ1v) is 15.1. The Kier molecular flexibility index (Phi) is 8.59. The second-order valence-electron chi connectivity index (χ2n) is 12.1. The molecule has 2 saturated heterocycles. The number of H-pyrrole nitrogens is 1. The summed E-state index contributed by atoms with van der Waals surface area (Å²) in [6.07, 6.45) is 9.33. The summed E-state index contributed by atoms with van der Waals surface area (Å²) < 4.78 is 29.0. The van der Waals surface area contributed by atoms with Crippen LogP contribution < -0.4 is 5.32 Å². The number of aryl methyl sites for hydroxylation is 2. The van der Waals surface area contributed by atoms with Gasteiger partial charge in [0.15, 0.2) is 0 Å². The van der Waals surface area contributed by atoms with Gasteiger partial charge in [-0.3, -0.25) is 19.6 Å². The third kappa shape index (κ3) is 5.41. The van der Waals surface area contributed by atoms with Crippen LogP contribution in [0.4, 0.5) is 8.78 Å². The Morgan fingerprint density at radius 3 is 2.45 bits per heavy atom. The maximum atomic E-state index is 15.2. The van der Waals surface area contributed by atoms with E-state index in [1.165, 1.54) is 31.4 Å². The molecule has 1 spiro atoms. The smallest absolute Gasteiger partial charge is 0.246 e. The van der Waals surface area contributed by atoms with Crippen molar-refractivity contribution < 1.29 is 18.4 Å². The molecule has 9 heteroatoms. The average Bonchev–Trinajstić information content (AvgIpc) is 3.27. The van der Waals surface area contributed by atoms with Gasteiger partial charge >= 0.3 is 0 Å². The number of nitrogens with one attached hydrogen (secondary N) is 2. The van der Waals surface area contributed by atoms with E-state index in [9.17, 15) is 14.0 Å². The minimum atomic E-state index is -0.905. The molecule has 0 radical (unpaired) electrons. The van der Waals surface area contributed by atoms with E-state index in [2.05, 4.69) is 27.3 Å². The van der Waals surface area contributed by atoms with Crippen LogP contribution in [-0.4, -0.2) is 63.0 Å². The summed E-state index contributed by atoms with van der Waals surface area (Å²) >= 11 is 0. The van der Waals surface area contributed by atoms with Crippen LogP contribution in [0.1, 0.15) is 99.7 Å². The quantitative estimate of drug-likeness (QED) is 0.462. The highest BCUT2D eigenvalue weighted by atomic mass is 19.1. The molecule has 40 heavy (non-hydrogen) atoms. The van der Waals surface area contributed by atoms with Crippen LogP contribution in [0, 0.1) is 31.4 Å². The van der Waals surface area contributed by atoms with Crippen molar-refractivity contribution in [2.75, 3.05) is 19.6 Å². The summed E-state index contributed by atoms with van der Waals surface area (Å²) in [5, 5.41) is 10.5. The van der Waals surface area contributed by atoms with Crippen molar-refractivity contribution in [1.82, 2.24) is 25.3 Å². The lowest BCUT2D eigenvalue weighted by Gasteiger charge is -2.53. The number of nitrogens with zero attached hydrogens (tertiary/aromatic N) is 3. The molecule has 7 nitrogen and oxygen atoms in total. The summed E-state index contributed by atoms with van der Waals surface area (Å²) in [7, 11) is 0. The molecule has 1 aromatic carbocycles. The number of rotatable bonds is 8. The molecule has 1 aliphatic carbocycles. The number of hydrogen-bond acceptors (Lipinski definition) is 4. The van der Waals surface area contributed by atoms with Crippen LogP contribution in [0.15, 0.2) is 18.2 Å². The number of aromatic amines is 1. The number of benzene rings is 1. The lowest BCUT2D eigenvalue weighted by Crippen LogP contribution is -2.73. The summed E-state index contributed by atoms with van der Waals surface area (Å²) in [6, 6.07) is 2.78. The molecule has 1 unspecified atom stereocenters.